The largest absolute Gasteiger partial charge is 0.508 e. The minimum Gasteiger partial charge on any atom is -0.508 e. The smallest absolute Gasteiger partial charge is 0.223 e. The molecule has 1 fully saturated rings. The molecule has 19 heavy (non-hydrogen) atoms. The van der Waals surface area contributed by atoms with E-state index in [9.17, 15) is 9.90 Å². The lowest BCUT2D eigenvalue weighted by molar-refractivity contribution is -0.126. The summed E-state index contributed by atoms with van der Waals surface area (Å²) in [6, 6.07) is 7.25. The maximum absolute atomic E-state index is 12.1. The van der Waals surface area contributed by atoms with Crippen LogP contribution in [0.4, 0.5) is 0 Å². The monoisotopic (exact) mass is 262 g/mol. The van der Waals surface area contributed by atoms with Gasteiger partial charge in [0.15, 0.2) is 0 Å². The van der Waals surface area contributed by atoms with Crippen LogP contribution in [0.2, 0.25) is 0 Å². The molecular formula is C15H22N2O2. The maximum atomic E-state index is 12.1. The van der Waals surface area contributed by atoms with Gasteiger partial charge in [-0.25, -0.2) is 0 Å². The first-order valence-electron chi connectivity index (χ1n) is 6.94. The summed E-state index contributed by atoms with van der Waals surface area (Å²) in [4.78, 5) is 12.1. The molecule has 1 aromatic rings. The fraction of sp³-hybridized carbons (Fsp3) is 0.533. The van der Waals surface area contributed by atoms with Gasteiger partial charge in [-0.15, -0.1) is 0 Å². The average Bonchev–Trinajstić information content (AvgIpc) is 2.42. The third-order valence-electron chi connectivity index (χ3n) is 3.58. The molecule has 0 saturated carbocycles. The molecule has 1 heterocycles. The highest BCUT2D eigenvalue weighted by Gasteiger charge is 2.21. The second-order valence-electron chi connectivity index (χ2n) is 5.30. The Morgan fingerprint density at radius 1 is 1.37 bits per heavy atom. The molecule has 1 saturated heterocycles. The maximum Gasteiger partial charge on any atom is 0.223 e. The molecule has 1 atom stereocenters. The van der Waals surface area contributed by atoms with Gasteiger partial charge in [-0.1, -0.05) is 12.1 Å². The number of hydrogen-bond donors (Lipinski definition) is 3. The Labute approximate surface area is 114 Å². The van der Waals surface area contributed by atoms with Crippen molar-refractivity contribution in [3.8, 4) is 5.75 Å². The molecule has 2 rings (SSSR count). The Morgan fingerprint density at radius 2 is 2.00 bits per heavy atom. The number of piperidine rings is 1. The highest BCUT2D eigenvalue weighted by Crippen LogP contribution is 2.14. The molecule has 1 aromatic carbocycles. The van der Waals surface area contributed by atoms with Gasteiger partial charge in [0.25, 0.3) is 0 Å². The Balaban J connectivity index is 1.81. The topological polar surface area (TPSA) is 61.4 Å². The highest BCUT2D eigenvalue weighted by atomic mass is 16.3. The fourth-order valence-corrected chi connectivity index (χ4v) is 2.48. The van der Waals surface area contributed by atoms with Crippen LogP contribution in [0.15, 0.2) is 24.3 Å². The van der Waals surface area contributed by atoms with Crippen LogP contribution < -0.4 is 10.6 Å². The molecule has 1 aliphatic heterocycles. The van der Waals surface area contributed by atoms with Gasteiger partial charge >= 0.3 is 0 Å². The molecule has 4 heteroatoms. The van der Waals surface area contributed by atoms with Gasteiger partial charge in [-0.05, 0) is 57.0 Å². The van der Waals surface area contributed by atoms with Crippen LogP contribution in [0, 0.1) is 5.92 Å². The van der Waals surface area contributed by atoms with Crippen molar-refractivity contribution < 1.29 is 9.90 Å². The van der Waals surface area contributed by atoms with Gasteiger partial charge < -0.3 is 15.7 Å². The van der Waals surface area contributed by atoms with Crippen molar-refractivity contribution >= 4 is 5.91 Å². The van der Waals surface area contributed by atoms with Crippen LogP contribution in [0.1, 0.15) is 25.3 Å². The van der Waals surface area contributed by atoms with Crippen LogP contribution in [0.3, 0.4) is 0 Å². The lowest BCUT2D eigenvalue weighted by Crippen LogP contribution is -2.42. The Kier molecular flexibility index (Phi) is 4.80. The molecule has 1 aliphatic rings. The van der Waals surface area contributed by atoms with E-state index in [-0.39, 0.29) is 23.6 Å². The zero-order chi connectivity index (χ0) is 13.7. The predicted molar refractivity (Wildman–Crippen MR) is 75.0 cm³/mol. The number of carbonyl (C=O) groups excluding carboxylic acids is 1. The number of nitrogens with one attached hydrogen (secondary N) is 2. The second-order valence-corrected chi connectivity index (χ2v) is 5.30. The summed E-state index contributed by atoms with van der Waals surface area (Å²) in [5.41, 5.74) is 1.12. The summed E-state index contributed by atoms with van der Waals surface area (Å²) in [5.74, 6) is 0.603. The van der Waals surface area contributed by atoms with Crippen LogP contribution in [-0.4, -0.2) is 30.1 Å². The van der Waals surface area contributed by atoms with E-state index in [0.29, 0.717) is 0 Å². The second kappa shape index (κ2) is 6.57. The SMILES string of the molecule is CC(Cc1ccc(O)cc1)NC(=O)C1CCNCC1. The van der Waals surface area contributed by atoms with Gasteiger partial charge in [0.1, 0.15) is 5.75 Å². The molecule has 3 N–H and O–H groups in total. The van der Waals surface area contributed by atoms with Crippen LogP contribution in [-0.2, 0) is 11.2 Å². The van der Waals surface area contributed by atoms with Gasteiger partial charge in [0, 0.05) is 12.0 Å². The summed E-state index contributed by atoms with van der Waals surface area (Å²) < 4.78 is 0. The minimum atomic E-state index is 0.118. The van der Waals surface area contributed by atoms with Crippen molar-refractivity contribution in [2.24, 2.45) is 5.92 Å². The van der Waals surface area contributed by atoms with E-state index in [4.69, 9.17) is 0 Å². The summed E-state index contributed by atoms with van der Waals surface area (Å²) in [5, 5.41) is 15.6. The number of hydrogen-bond acceptors (Lipinski definition) is 3. The first-order chi connectivity index (χ1) is 9.15. The van der Waals surface area contributed by atoms with Gasteiger partial charge in [-0.3, -0.25) is 4.79 Å². The quantitative estimate of drug-likeness (QED) is 0.769. The molecule has 104 valence electrons. The van der Waals surface area contributed by atoms with E-state index < -0.39 is 0 Å². The molecule has 0 radical (unpaired) electrons. The molecule has 0 aliphatic carbocycles. The number of phenolic OH excluding ortho intramolecular Hbond substituents is 1. The predicted octanol–water partition coefficient (Wildman–Crippen LogP) is 1.44. The Hall–Kier alpha value is -1.55. The van der Waals surface area contributed by atoms with Crippen molar-refractivity contribution in [1.82, 2.24) is 10.6 Å². The lowest BCUT2D eigenvalue weighted by Gasteiger charge is -2.24. The molecule has 1 amide bonds. The van der Waals surface area contributed by atoms with Crippen LogP contribution in [0.25, 0.3) is 0 Å². The van der Waals surface area contributed by atoms with E-state index in [0.717, 1.165) is 37.9 Å². The van der Waals surface area contributed by atoms with Gasteiger partial charge in [0.05, 0.1) is 0 Å². The molecule has 0 aromatic heterocycles. The van der Waals surface area contributed by atoms with Crippen molar-refractivity contribution in [1.29, 1.82) is 0 Å². The summed E-state index contributed by atoms with van der Waals surface area (Å²) in [6.45, 7) is 3.89. The summed E-state index contributed by atoms with van der Waals surface area (Å²) >= 11 is 0. The van der Waals surface area contributed by atoms with E-state index in [2.05, 4.69) is 10.6 Å². The van der Waals surface area contributed by atoms with E-state index >= 15 is 0 Å². The van der Waals surface area contributed by atoms with E-state index in [1.807, 2.05) is 19.1 Å². The number of aromatic hydroxyl groups is 1. The first-order valence-corrected chi connectivity index (χ1v) is 6.94. The minimum absolute atomic E-state index is 0.118. The van der Waals surface area contributed by atoms with Crippen molar-refractivity contribution in [3.05, 3.63) is 29.8 Å². The summed E-state index contributed by atoms with van der Waals surface area (Å²) in [6.07, 6.45) is 2.65. The normalized spacial score (nSPS) is 17.9. The summed E-state index contributed by atoms with van der Waals surface area (Å²) in [7, 11) is 0. The lowest BCUT2D eigenvalue weighted by atomic mass is 9.96. The van der Waals surface area contributed by atoms with Gasteiger partial charge in [0.2, 0.25) is 5.91 Å². The molecular weight excluding hydrogens is 240 g/mol. The fourth-order valence-electron chi connectivity index (χ4n) is 2.48. The molecule has 0 bridgehead atoms. The van der Waals surface area contributed by atoms with Crippen LogP contribution in [0.5, 0.6) is 5.75 Å². The molecule has 4 nitrogen and oxygen atoms in total. The first kappa shape index (κ1) is 13.9. The Morgan fingerprint density at radius 3 is 2.63 bits per heavy atom. The standard InChI is InChI=1S/C15H22N2O2/c1-11(10-12-2-4-14(18)5-3-12)17-15(19)13-6-8-16-9-7-13/h2-5,11,13,16,18H,6-10H2,1H3,(H,17,19). The zero-order valence-corrected chi connectivity index (χ0v) is 11.4. The molecule has 1 unspecified atom stereocenters. The number of benzene rings is 1. The Bertz CT molecular complexity index is 411. The van der Waals surface area contributed by atoms with E-state index in [1.54, 1.807) is 12.1 Å². The van der Waals surface area contributed by atoms with Crippen molar-refractivity contribution in [3.63, 3.8) is 0 Å². The average molecular weight is 262 g/mol. The number of amides is 1. The van der Waals surface area contributed by atoms with Crippen molar-refractivity contribution in [2.75, 3.05) is 13.1 Å². The number of carbonyl (C=O) groups is 1. The van der Waals surface area contributed by atoms with Crippen LogP contribution >= 0.6 is 0 Å². The zero-order valence-electron chi connectivity index (χ0n) is 11.4. The van der Waals surface area contributed by atoms with Gasteiger partial charge in [-0.2, -0.15) is 0 Å². The van der Waals surface area contributed by atoms with Crippen molar-refractivity contribution in [2.45, 2.75) is 32.2 Å². The third kappa shape index (κ3) is 4.24. The highest BCUT2D eigenvalue weighted by molar-refractivity contribution is 5.79. The number of phenols is 1. The third-order valence-corrected chi connectivity index (χ3v) is 3.58. The van der Waals surface area contributed by atoms with E-state index in [1.165, 1.54) is 0 Å². The number of rotatable bonds is 4. The molecule has 0 spiro atoms.